The van der Waals surface area contributed by atoms with Crippen molar-refractivity contribution in [1.29, 1.82) is 0 Å². The van der Waals surface area contributed by atoms with Crippen molar-refractivity contribution in [1.82, 2.24) is 9.13 Å². The van der Waals surface area contributed by atoms with Gasteiger partial charge in [0.1, 0.15) is 0 Å². The quantitative estimate of drug-likeness (QED) is 0.159. The molecule has 1 aliphatic rings. The van der Waals surface area contributed by atoms with E-state index < -0.39 is 21.2 Å². The second-order valence-corrected chi connectivity index (χ2v) is 14.9. The first-order chi connectivity index (χ1) is 25.3. The first kappa shape index (κ1) is 29.8. The molecule has 7 aromatic carbocycles. The van der Waals surface area contributed by atoms with Crippen LogP contribution in [0.4, 0.5) is 0 Å². The fourth-order valence-corrected chi connectivity index (χ4v) is 9.51. The van der Waals surface area contributed by atoms with Crippen LogP contribution in [0.1, 0.15) is 16.7 Å². The molecule has 242 valence electrons. The molecule has 0 atom stereocenters. The van der Waals surface area contributed by atoms with Gasteiger partial charge in [-0.05, 0) is 0 Å². The summed E-state index contributed by atoms with van der Waals surface area (Å²) in [5, 5.41) is 4.95. The molecule has 4 nitrogen and oxygen atoms in total. The van der Waals surface area contributed by atoms with Gasteiger partial charge < -0.3 is 0 Å². The van der Waals surface area contributed by atoms with Crippen LogP contribution in [0.15, 0.2) is 190 Å². The number of nitrogens with zero attached hydrogens (tertiary/aromatic N) is 4. The number of para-hydroxylation sites is 4. The summed E-state index contributed by atoms with van der Waals surface area (Å²) < 4.78 is 8.27. The van der Waals surface area contributed by atoms with Crippen molar-refractivity contribution in [2.75, 3.05) is 0 Å². The van der Waals surface area contributed by atoms with Crippen LogP contribution in [-0.2, 0) is 0 Å². The molecule has 5 heteroatoms. The van der Waals surface area contributed by atoms with Crippen molar-refractivity contribution in [3.05, 3.63) is 197 Å². The second-order valence-electron chi connectivity index (χ2n) is 12.7. The zero-order valence-electron chi connectivity index (χ0n) is 27.5. The van der Waals surface area contributed by atoms with E-state index in [1.165, 1.54) is 43.6 Å². The third-order valence-electron chi connectivity index (χ3n) is 9.61. The van der Waals surface area contributed by atoms with E-state index in [1.807, 2.05) is 6.07 Å². The summed E-state index contributed by atoms with van der Waals surface area (Å²) in [5.74, 6) is 0.735. The number of aliphatic imine (C=N–C) groups is 2. The fourth-order valence-electron chi connectivity index (χ4n) is 7.33. The minimum absolute atomic E-state index is 0.609. The first-order valence-corrected chi connectivity index (χ1v) is 19.4. The van der Waals surface area contributed by atoms with Crippen LogP contribution in [0, 0.1) is 0 Å². The standard InChI is InChI=1S/C46H30IN4/c1-3-15-31(16-4-1)45-47-30-40(48-46(49-45)32-17-5-2-6-18-32)33-27-34(50-41-23-11-7-19-36(41)37-20-8-12-24-42(37)50)29-35(28-33)51-43-25-13-9-21-38(43)39-22-10-14-26-44(39)51/h1-30H/q-1. The second kappa shape index (κ2) is 12.4. The maximum atomic E-state index is 5.39. The molecule has 0 bridgehead atoms. The van der Waals surface area contributed by atoms with Gasteiger partial charge in [0.15, 0.2) is 0 Å². The zero-order chi connectivity index (χ0) is 33.7. The molecule has 51 heavy (non-hydrogen) atoms. The average Bonchev–Trinajstić information content (AvgIpc) is 3.61. The number of benzene rings is 7. The van der Waals surface area contributed by atoms with Gasteiger partial charge in [0, 0.05) is 0 Å². The predicted octanol–water partition coefficient (Wildman–Crippen LogP) is 8.18. The Morgan fingerprint density at radius 2 is 0.784 bits per heavy atom. The van der Waals surface area contributed by atoms with E-state index in [2.05, 4.69) is 183 Å². The summed E-state index contributed by atoms with van der Waals surface area (Å²) in [5.41, 5.74) is 11.0. The SMILES string of the molecule is C1=C(c2cc(-n3c4ccccc4c4ccccc43)cc(-n3c4ccccc4c4ccccc43)c2)N=C(c2ccccc2)N=C(c2ccccc2)[I-]1. The Morgan fingerprint density at radius 1 is 0.373 bits per heavy atom. The monoisotopic (exact) mass is 765 g/mol. The molecular weight excluding hydrogens is 735 g/mol. The van der Waals surface area contributed by atoms with Crippen molar-refractivity contribution in [2.24, 2.45) is 9.98 Å². The Kier molecular flexibility index (Phi) is 7.24. The van der Waals surface area contributed by atoms with Gasteiger partial charge >= 0.3 is 307 Å². The summed E-state index contributed by atoms with van der Waals surface area (Å²) in [6.45, 7) is 0. The average molecular weight is 766 g/mol. The van der Waals surface area contributed by atoms with E-state index in [-0.39, 0.29) is 0 Å². The third kappa shape index (κ3) is 5.12. The number of halogens is 1. The van der Waals surface area contributed by atoms with Gasteiger partial charge in [0.25, 0.3) is 0 Å². The summed E-state index contributed by atoms with van der Waals surface area (Å²) >= 11 is -0.609. The van der Waals surface area contributed by atoms with Crippen LogP contribution in [0.3, 0.4) is 0 Å². The van der Waals surface area contributed by atoms with Crippen molar-refractivity contribution in [2.45, 2.75) is 0 Å². The summed E-state index contributed by atoms with van der Waals surface area (Å²) in [6.07, 6.45) is 0. The maximum absolute atomic E-state index is 5.39. The topological polar surface area (TPSA) is 34.6 Å². The number of hydrogen-bond acceptors (Lipinski definition) is 2. The van der Waals surface area contributed by atoms with Gasteiger partial charge in [-0.1, -0.05) is 0 Å². The molecule has 0 unspecified atom stereocenters. The van der Waals surface area contributed by atoms with Gasteiger partial charge in [0.2, 0.25) is 0 Å². The van der Waals surface area contributed by atoms with Crippen molar-refractivity contribution in [3.63, 3.8) is 0 Å². The molecule has 9 aromatic rings. The molecule has 0 saturated carbocycles. The van der Waals surface area contributed by atoms with Crippen molar-refractivity contribution in [3.8, 4) is 11.4 Å². The molecule has 0 N–H and O–H groups in total. The normalized spacial score (nSPS) is 13.5. The molecule has 0 spiro atoms. The molecule has 0 fully saturated rings. The van der Waals surface area contributed by atoms with Crippen LogP contribution < -0.4 is 21.2 Å². The third-order valence-corrected chi connectivity index (χ3v) is 12.0. The van der Waals surface area contributed by atoms with E-state index >= 15 is 0 Å². The Bertz CT molecular complexity index is 2640. The molecular formula is C46H30IN4-. The number of rotatable bonds is 5. The minimum atomic E-state index is -0.609. The number of fused-ring (bicyclic) bond motifs is 6. The van der Waals surface area contributed by atoms with Crippen LogP contribution >= 0.6 is 0 Å². The van der Waals surface area contributed by atoms with Crippen molar-refractivity contribution < 1.29 is 21.2 Å². The molecule has 0 amide bonds. The van der Waals surface area contributed by atoms with E-state index in [0.29, 0.717) is 0 Å². The van der Waals surface area contributed by atoms with Gasteiger partial charge in [-0.3, -0.25) is 0 Å². The Hall–Kier alpha value is -6.05. The van der Waals surface area contributed by atoms with Crippen molar-refractivity contribution >= 4 is 58.9 Å². The van der Waals surface area contributed by atoms with E-state index in [0.717, 1.165) is 43.3 Å². The van der Waals surface area contributed by atoms with E-state index in [4.69, 9.17) is 9.98 Å². The van der Waals surface area contributed by atoms with Crippen LogP contribution in [0.5, 0.6) is 0 Å². The zero-order valence-corrected chi connectivity index (χ0v) is 29.6. The van der Waals surface area contributed by atoms with E-state index in [9.17, 15) is 0 Å². The first-order valence-electron chi connectivity index (χ1n) is 17.0. The van der Waals surface area contributed by atoms with Crippen LogP contribution in [0.2, 0.25) is 0 Å². The Balaban J connectivity index is 1.27. The molecule has 0 radical (unpaired) electrons. The van der Waals surface area contributed by atoms with Crippen LogP contribution in [-0.4, -0.2) is 18.7 Å². The number of amidine groups is 1. The number of aromatic nitrogens is 2. The van der Waals surface area contributed by atoms with Gasteiger partial charge in [0.05, 0.1) is 0 Å². The Morgan fingerprint density at radius 3 is 1.25 bits per heavy atom. The van der Waals surface area contributed by atoms with Gasteiger partial charge in [-0.2, -0.15) is 0 Å². The van der Waals surface area contributed by atoms with E-state index in [1.54, 1.807) is 0 Å². The fraction of sp³-hybridized carbons (Fsp3) is 0. The molecule has 0 aliphatic carbocycles. The Labute approximate surface area is 305 Å². The molecule has 3 heterocycles. The summed E-state index contributed by atoms with van der Waals surface area (Å²) in [6, 6.07) is 62.7. The van der Waals surface area contributed by atoms with Gasteiger partial charge in [-0.15, -0.1) is 0 Å². The number of hydrogen-bond donors (Lipinski definition) is 0. The molecule has 1 aliphatic heterocycles. The molecule has 10 rings (SSSR count). The molecule has 0 saturated heterocycles. The summed E-state index contributed by atoms with van der Waals surface area (Å²) in [4.78, 5) is 10.6. The predicted molar refractivity (Wildman–Crippen MR) is 209 cm³/mol. The molecule has 2 aromatic heterocycles. The van der Waals surface area contributed by atoms with Gasteiger partial charge in [-0.25, -0.2) is 0 Å². The van der Waals surface area contributed by atoms with Crippen LogP contribution in [0.25, 0.3) is 60.7 Å². The summed E-state index contributed by atoms with van der Waals surface area (Å²) in [7, 11) is 0.